The van der Waals surface area contributed by atoms with Crippen LogP contribution in [0, 0.1) is 0 Å². The van der Waals surface area contributed by atoms with E-state index in [0.717, 1.165) is 6.42 Å². The van der Waals surface area contributed by atoms with E-state index in [9.17, 15) is 14.4 Å². The first kappa shape index (κ1) is 21.9. The van der Waals surface area contributed by atoms with Crippen LogP contribution in [0.5, 0.6) is 0 Å². The average molecular weight is 398 g/mol. The normalized spacial score (nSPS) is 10.1. The standard InChI is InChI=1S/C21H26N4O4/c1-22-20(27)15-6-4-9-18(13-15)25-19(26)14-24-17-8-3-7-16(12-17)21(28)23-10-5-11-29-2/h3-4,6-9,12-13,24H,5,10-11,14H2,1-2H3,(H,22,27)(H,23,28)(H,25,26). The number of amides is 3. The number of rotatable bonds is 10. The van der Waals surface area contributed by atoms with Gasteiger partial charge in [-0.05, 0) is 42.8 Å². The Kier molecular flexibility index (Phi) is 8.65. The molecule has 0 unspecified atom stereocenters. The number of methoxy groups -OCH3 is 1. The maximum absolute atomic E-state index is 12.2. The molecule has 0 saturated carbocycles. The maximum atomic E-state index is 12.2. The summed E-state index contributed by atoms with van der Waals surface area (Å²) in [5, 5.41) is 11.1. The number of carbonyl (C=O) groups is 3. The van der Waals surface area contributed by atoms with Crippen LogP contribution in [0.4, 0.5) is 11.4 Å². The van der Waals surface area contributed by atoms with E-state index in [1.165, 1.54) is 0 Å². The highest BCUT2D eigenvalue weighted by atomic mass is 16.5. The lowest BCUT2D eigenvalue weighted by molar-refractivity contribution is -0.114. The molecule has 2 rings (SSSR count). The number of anilines is 2. The van der Waals surface area contributed by atoms with Gasteiger partial charge in [-0.15, -0.1) is 0 Å². The molecule has 0 aliphatic carbocycles. The number of hydrogen-bond donors (Lipinski definition) is 4. The molecule has 0 fully saturated rings. The first-order chi connectivity index (χ1) is 14.0. The van der Waals surface area contributed by atoms with Crippen LogP contribution in [-0.2, 0) is 9.53 Å². The van der Waals surface area contributed by atoms with Gasteiger partial charge in [-0.1, -0.05) is 12.1 Å². The highest BCUT2D eigenvalue weighted by Crippen LogP contribution is 2.12. The summed E-state index contributed by atoms with van der Waals surface area (Å²) in [5.41, 5.74) is 2.15. The molecule has 0 atom stereocenters. The minimum Gasteiger partial charge on any atom is -0.385 e. The van der Waals surface area contributed by atoms with Crippen molar-refractivity contribution in [2.75, 3.05) is 44.5 Å². The number of ether oxygens (including phenoxy) is 1. The van der Waals surface area contributed by atoms with E-state index < -0.39 is 0 Å². The first-order valence-corrected chi connectivity index (χ1v) is 9.26. The van der Waals surface area contributed by atoms with Crippen LogP contribution < -0.4 is 21.3 Å². The molecule has 3 amide bonds. The Labute approximate surface area is 170 Å². The topological polar surface area (TPSA) is 109 Å². The van der Waals surface area contributed by atoms with Crippen molar-refractivity contribution >= 4 is 29.1 Å². The fourth-order valence-electron chi connectivity index (χ4n) is 2.56. The van der Waals surface area contributed by atoms with E-state index in [0.29, 0.717) is 35.7 Å². The van der Waals surface area contributed by atoms with Gasteiger partial charge < -0.3 is 26.0 Å². The van der Waals surface area contributed by atoms with Crippen LogP contribution in [0.15, 0.2) is 48.5 Å². The van der Waals surface area contributed by atoms with Gasteiger partial charge in [-0.2, -0.15) is 0 Å². The molecule has 0 heterocycles. The van der Waals surface area contributed by atoms with E-state index in [1.54, 1.807) is 62.7 Å². The molecule has 0 aromatic heterocycles. The molecule has 154 valence electrons. The molecule has 0 bridgehead atoms. The van der Waals surface area contributed by atoms with Crippen molar-refractivity contribution in [3.05, 3.63) is 59.7 Å². The second kappa shape index (κ2) is 11.5. The lowest BCUT2D eigenvalue weighted by Crippen LogP contribution is -2.25. The van der Waals surface area contributed by atoms with Crippen molar-refractivity contribution in [3.63, 3.8) is 0 Å². The van der Waals surface area contributed by atoms with Gasteiger partial charge in [-0.25, -0.2) is 0 Å². The van der Waals surface area contributed by atoms with Crippen molar-refractivity contribution < 1.29 is 19.1 Å². The predicted molar refractivity (Wildman–Crippen MR) is 112 cm³/mol. The van der Waals surface area contributed by atoms with Gasteiger partial charge in [0.25, 0.3) is 11.8 Å². The lowest BCUT2D eigenvalue weighted by Gasteiger charge is -2.10. The largest absolute Gasteiger partial charge is 0.385 e. The minimum absolute atomic E-state index is 0.0170. The highest BCUT2D eigenvalue weighted by molar-refractivity contribution is 5.98. The Bertz CT molecular complexity index is 854. The van der Waals surface area contributed by atoms with Gasteiger partial charge in [0.2, 0.25) is 5.91 Å². The smallest absolute Gasteiger partial charge is 0.251 e. The summed E-state index contributed by atoms with van der Waals surface area (Å²) in [7, 11) is 3.16. The molecule has 0 radical (unpaired) electrons. The third-order valence-corrected chi connectivity index (χ3v) is 4.02. The quantitative estimate of drug-likeness (QED) is 0.457. The second-order valence-corrected chi connectivity index (χ2v) is 6.24. The number of hydrogen-bond acceptors (Lipinski definition) is 5. The Morgan fingerprint density at radius 1 is 0.931 bits per heavy atom. The van der Waals surface area contributed by atoms with Gasteiger partial charge in [0.05, 0.1) is 6.54 Å². The second-order valence-electron chi connectivity index (χ2n) is 6.24. The Hall–Kier alpha value is -3.39. The number of benzene rings is 2. The Morgan fingerprint density at radius 2 is 1.59 bits per heavy atom. The molecular formula is C21H26N4O4. The molecule has 8 heteroatoms. The molecule has 0 aliphatic heterocycles. The van der Waals surface area contributed by atoms with Crippen molar-refractivity contribution in [2.45, 2.75) is 6.42 Å². The van der Waals surface area contributed by atoms with E-state index in [1.807, 2.05) is 0 Å². The molecule has 0 spiro atoms. The lowest BCUT2D eigenvalue weighted by atomic mass is 10.2. The zero-order valence-corrected chi connectivity index (χ0v) is 16.6. The average Bonchev–Trinajstić information content (AvgIpc) is 2.75. The predicted octanol–water partition coefficient (Wildman–Crippen LogP) is 1.86. The number of nitrogens with one attached hydrogen (secondary N) is 4. The Balaban J connectivity index is 1.87. The van der Waals surface area contributed by atoms with Crippen LogP contribution >= 0.6 is 0 Å². The maximum Gasteiger partial charge on any atom is 0.251 e. The molecule has 29 heavy (non-hydrogen) atoms. The molecule has 2 aromatic rings. The summed E-state index contributed by atoms with van der Waals surface area (Å²) in [4.78, 5) is 36.0. The van der Waals surface area contributed by atoms with Crippen molar-refractivity contribution in [3.8, 4) is 0 Å². The van der Waals surface area contributed by atoms with E-state index in [4.69, 9.17) is 4.74 Å². The molecular weight excluding hydrogens is 372 g/mol. The van der Waals surface area contributed by atoms with Gasteiger partial charge in [0.1, 0.15) is 0 Å². The number of carbonyl (C=O) groups excluding carboxylic acids is 3. The SMILES string of the molecule is CNC(=O)c1cccc(NC(=O)CNc2cccc(C(=O)NCCCOC)c2)c1. The van der Waals surface area contributed by atoms with Crippen LogP contribution in [0.1, 0.15) is 27.1 Å². The minimum atomic E-state index is -0.270. The fourth-order valence-corrected chi connectivity index (χ4v) is 2.56. The van der Waals surface area contributed by atoms with Gasteiger partial charge in [-0.3, -0.25) is 14.4 Å². The summed E-state index contributed by atoms with van der Waals surface area (Å²) >= 11 is 0. The van der Waals surface area contributed by atoms with E-state index >= 15 is 0 Å². The zero-order chi connectivity index (χ0) is 21.1. The third kappa shape index (κ3) is 7.27. The fraction of sp³-hybridized carbons (Fsp3) is 0.286. The van der Waals surface area contributed by atoms with Gasteiger partial charge in [0, 0.05) is 49.8 Å². The van der Waals surface area contributed by atoms with Crippen molar-refractivity contribution in [2.24, 2.45) is 0 Å². The van der Waals surface area contributed by atoms with E-state index in [-0.39, 0.29) is 24.3 Å². The molecule has 0 saturated heterocycles. The highest BCUT2D eigenvalue weighted by Gasteiger charge is 2.08. The van der Waals surface area contributed by atoms with E-state index in [2.05, 4.69) is 21.3 Å². The van der Waals surface area contributed by atoms with Crippen LogP contribution in [0.2, 0.25) is 0 Å². The summed E-state index contributed by atoms with van der Waals surface area (Å²) < 4.78 is 4.95. The monoisotopic (exact) mass is 398 g/mol. The van der Waals surface area contributed by atoms with Crippen molar-refractivity contribution in [1.82, 2.24) is 10.6 Å². The van der Waals surface area contributed by atoms with Crippen LogP contribution in [0.3, 0.4) is 0 Å². The molecule has 8 nitrogen and oxygen atoms in total. The van der Waals surface area contributed by atoms with Gasteiger partial charge >= 0.3 is 0 Å². The summed E-state index contributed by atoms with van der Waals surface area (Å²) in [6.07, 6.45) is 0.738. The summed E-state index contributed by atoms with van der Waals surface area (Å²) in [6.45, 7) is 1.13. The first-order valence-electron chi connectivity index (χ1n) is 9.26. The Morgan fingerprint density at radius 3 is 2.28 bits per heavy atom. The van der Waals surface area contributed by atoms with Crippen molar-refractivity contribution in [1.29, 1.82) is 0 Å². The zero-order valence-electron chi connectivity index (χ0n) is 16.6. The third-order valence-electron chi connectivity index (χ3n) is 4.02. The van der Waals surface area contributed by atoms with Crippen LogP contribution in [0.25, 0.3) is 0 Å². The molecule has 2 aromatic carbocycles. The molecule has 0 aliphatic rings. The van der Waals surface area contributed by atoms with Gasteiger partial charge in [0.15, 0.2) is 0 Å². The molecule has 4 N–H and O–H groups in total. The van der Waals surface area contributed by atoms with Crippen LogP contribution in [-0.4, -0.2) is 51.6 Å². The summed E-state index contributed by atoms with van der Waals surface area (Å²) in [5.74, 6) is -0.676. The summed E-state index contributed by atoms with van der Waals surface area (Å²) in [6, 6.07) is 13.6.